The Balaban J connectivity index is 1.70. The highest BCUT2D eigenvalue weighted by molar-refractivity contribution is 6.42. The Morgan fingerprint density at radius 1 is 1.13 bits per heavy atom. The molecule has 2 atom stereocenters. The molecule has 0 unspecified atom stereocenters. The number of carbonyl (C=O) groups excluding carboxylic acids is 1. The maximum atomic E-state index is 15.7. The lowest BCUT2D eigenvalue weighted by Crippen LogP contribution is -2.57. The molecule has 46 heavy (non-hydrogen) atoms. The van der Waals surface area contributed by atoms with Gasteiger partial charge in [-0.3, -0.25) is 19.3 Å². The second kappa shape index (κ2) is 14.7. The highest BCUT2D eigenvalue weighted by Crippen LogP contribution is 2.37. The Bertz CT molecular complexity index is 1660. The number of carboxylic acid groups (broad SMARTS) is 1. The monoisotopic (exact) mass is 692 g/mol. The highest BCUT2D eigenvalue weighted by Gasteiger charge is 2.38. The van der Waals surface area contributed by atoms with Crippen LogP contribution in [-0.4, -0.2) is 66.5 Å². The van der Waals surface area contributed by atoms with Gasteiger partial charge in [0.2, 0.25) is 5.91 Å². The topological polar surface area (TPSA) is 105 Å². The summed E-state index contributed by atoms with van der Waals surface area (Å²) in [7, 11) is -1.33. The van der Waals surface area contributed by atoms with E-state index in [1.807, 2.05) is 18.7 Å². The molecule has 3 aromatic rings. The van der Waals surface area contributed by atoms with Crippen molar-refractivity contribution in [3.8, 4) is 11.1 Å². The Labute approximate surface area is 279 Å². The molecule has 2 N–H and O–H groups in total. The molecular weight excluding hydrogens is 653 g/mol. The third-order valence-electron chi connectivity index (χ3n) is 8.18. The maximum Gasteiger partial charge on any atom is 0.305 e. The third kappa shape index (κ3) is 8.61. The smallest absolute Gasteiger partial charge is 0.305 e. The van der Waals surface area contributed by atoms with Gasteiger partial charge in [-0.2, -0.15) is 5.10 Å². The van der Waals surface area contributed by atoms with Gasteiger partial charge in [-0.15, -0.1) is 0 Å². The van der Waals surface area contributed by atoms with E-state index in [2.05, 4.69) is 10.4 Å². The predicted octanol–water partition coefficient (Wildman–Crippen LogP) is 5.63. The zero-order valence-corrected chi connectivity index (χ0v) is 29.6. The first-order valence-electron chi connectivity index (χ1n) is 15.3. The van der Waals surface area contributed by atoms with Crippen LogP contribution in [0.4, 0.5) is 8.78 Å². The minimum Gasteiger partial charge on any atom is -0.481 e. The van der Waals surface area contributed by atoms with Crippen molar-refractivity contribution in [1.29, 1.82) is 0 Å². The summed E-state index contributed by atoms with van der Waals surface area (Å²) >= 11 is 12.9. The Morgan fingerprint density at radius 3 is 2.37 bits per heavy atom. The van der Waals surface area contributed by atoms with Crippen molar-refractivity contribution in [3.05, 3.63) is 85.0 Å². The van der Waals surface area contributed by atoms with Crippen molar-refractivity contribution in [3.63, 3.8) is 0 Å². The number of nitrogens with zero attached hydrogens (tertiary/aromatic N) is 3. The minimum absolute atomic E-state index is 0.0364. The lowest BCUT2D eigenvalue weighted by atomic mass is 9.94. The molecule has 0 saturated carbocycles. The number of rotatable bonds is 13. The second-order valence-electron chi connectivity index (χ2n) is 12.9. The number of alkyl halides is 1. The number of carbonyl (C=O) groups is 2. The van der Waals surface area contributed by atoms with Crippen LogP contribution in [0.2, 0.25) is 16.1 Å². The fourth-order valence-electron chi connectivity index (χ4n) is 5.86. The SMILES string of the molecule is Cc1cc(-c2c(Cl)cccc2Cl)cc([C@H](CC(=O)O)NC(=O)[C@H]([SiH2]CC(C)C)n2nc(CCN3CC(C)(F)C3)cc(C)c2=O)c1F. The van der Waals surface area contributed by atoms with E-state index in [-0.39, 0.29) is 17.0 Å². The molecule has 13 heteroatoms. The van der Waals surface area contributed by atoms with Crippen molar-refractivity contribution in [2.75, 3.05) is 19.6 Å². The molecule has 0 radical (unpaired) electrons. The Morgan fingerprint density at radius 2 is 1.78 bits per heavy atom. The fraction of sp³-hybridized carbons (Fsp3) is 0.455. The van der Waals surface area contributed by atoms with Crippen molar-refractivity contribution in [2.45, 2.75) is 70.9 Å². The molecular formula is C33H40Cl2F2N4O4Si. The standard InChI is InChI=1S/C33H40Cl2F2N4O4Si/c1-18(2)15-46-32(41-31(45)20(4)12-22(39-41)9-10-40-16-33(5,37)17-40)30(44)38-26(14-27(42)43)23-13-21(11-19(3)29(23)36)28-24(34)7-6-8-25(28)35/h6-8,11-13,18,26,32H,9-10,14-17,46H2,1-5H3,(H,38,44)(H,42,43)/t26-,32-/m0/s1. The number of likely N-dealkylation sites (tertiary alicyclic amines) is 1. The van der Waals surface area contributed by atoms with Crippen LogP contribution < -0.4 is 10.9 Å². The summed E-state index contributed by atoms with van der Waals surface area (Å²) in [6.45, 7) is 9.98. The molecule has 0 spiro atoms. The molecule has 1 aromatic heterocycles. The summed E-state index contributed by atoms with van der Waals surface area (Å²) in [5, 5.41) is 17.8. The molecule has 1 aliphatic rings. The first kappa shape index (κ1) is 35.7. The van der Waals surface area contributed by atoms with Gasteiger partial charge < -0.3 is 10.4 Å². The summed E-state index contributed by atoms with van der Waals surface area (Å²) in [6.07, 6.45) is -0.147. The van der Waals surface area contributed by atoms with Gasteiger partial charge in [0, 0.05) is 52.8 Å². The van der Waals surface area contributed by atoms with E-state index in [9.17, 15) is 23.9 Å². The van der Waals surface area contributed by atoms with Crippen molar-refractivity contribution >= 4 is 44.6 Å². The number of halogens is 4. The molecule has 2 aromatic carbocycles. The summed E-state index contributed by atoms with van der Waals surface area (Å²) < 4.78 is 30.9. The van der Waals surface area contributed by atoms with Gasteiger partial charge in [0.05, 0.1) is 27.7 Å². The van der Waals surface area contributed by atoms with E-state index in [1.165, 1.54) is 17.7 Å². The van der Waals surface area contributed by atoms with Crippen LogP contribution in [0, 0.1) is 25.6 Å². The zero-order chi connectivity index (χ0) is 33.9. The van der Waals surface area contributed by atoms with Crippen LogP contribution in [-0.2, 0) is 16.0 Å². The molecule has 4 rings (SSSR count). The number of hydrogen-bond acceptors (Lipinski definition) is 5. The minimum atomic E-state index is -1.33. The highest BCUT2D eigenvalue weighted by atomic mass is 35.5. The lowest BCUT2D eigenvalue weighted by Gasteiger charge is -2.42. The lowest BCUT2D eigenvalue weighted by molar-refractivity contribution is -0.137. The average molecular weight is 694 g/mol. The number of nitrogens with one attached hydrogen (secondary N) is 1. The molecule has 1 amide bonds. The maximum absolute atomic E-state index is 15.7. The number of aliphatic carboxylic acids is 1. The van der Waals surface area contributed by atoms with Gasteiger partial charge in [-0.1, -0.05) is 49.2 Å². The van der Waals surface area contributed by atoms with Gasteiger partial charge in [0.25, 0.3) is 5.56 Å². The second-order valence-corrected chi connectivity index (χ2v) is 15.6. The average Bonchev–Trinajstić information content (AvgIpc) is 2.94. The van der Waals surface area contributed by atoms with E-state index in [1.54, 1.807) is 44.2 Å². The first-order chi connectivity index (χ1) is 21.6. The van der Waals surface area contributed by atoms with Crippen LogP contribution in [0.15, 0.2) is 41.2 Å². The quantitative estimate of drug-likeness (QED) is 0.225. The van der Waals surface area contributed by atoms with Crippen LogP contribution in [0.3, 0.4) is 0 Å². The van der Waals surface area contributed by atoms with Crippen molar-refractivity contribution in [1.82, 2.24) is 20.0 Å². The molecule has 2 heterocycles. The van der Waals surface area contributed by atoms with E-state index in [0.717, 1.165) is 0 Å². The van der Waals surface area contributed by atoms with Gasteiger partial charge in [-0.05, 0) is 68.1 Å². The molecule has 8 nitrogen and oxygen atoms in total. The van der Waals surface area contributed by atoms with Crippen molar-refractivity contribution < 1.29 is 23.5 Å². The molecule has 1 aliphatic heterocycles. The van der Waals surface area contributed by atoms with Crippen LogP contribution in [0.25, 0.3) is 11.1 Å². The van der Waals surface area contributed by atoms with Crippen LogP contribution >= 0.6 is 23.2 Å². The number of hydrogen-bond donors (Lipinski definition) is 2. The normalized spacial score (nSPS) is 16.0. The number of aromatic nitrogens is 2. The largest absolute Gasteiger partial charge is 0.481 e. The number of amides is 1. The number of benzene rings is 2. The Kier molecular flexibility index (Phi) is 11.5. The van der Waals surface area contributed by atoms with E-state index < -0.39 is 56.6 Å². The van der Waals surface area contributed by atoms with E-state index in [0.29, 0.717) is 64.5 Å². The van der Waals surface area contributed by atoms with Crippen LogP contribution in [0.5, 0.6) is 0 Å². The summed E-state index contributed by atoms with van der Waals surface area (Å²) in [4.78, 5) is 41.4. The molecule has 248 valence electrons. The number of carboxylic acids is 1. The van der Waals surface area contributed by atoms with Gasteiger partial charge in [0.1, 0.15) is 17.2 Å². The Hall–Kier alpha value is -3.12. The van der Waals surface area contributed by atoms with Gasteiger partial charge in [-0.25, -0.2) is 13.5 Å². The summed E-state index contributed by atoms with van der Waals surface area (Å²) in [5.41, 5.74) is -0.479. The number of aryl methyl sites for hydroxylation is 2. The fourth-order valence-corrected chi connectivity index (χ4v) is 8.33. The van der Waals surface area contributed by atoms with Gasteiger partial charge >= 0.3 is 5.97 Å². The van der Waals surface area contributed by atoms with Crippen molar-refractivity contribution in [2.24, 2.45) is 5.92 Å². The van der Waals surface area contributed by atoms with E-state index >= 15 is 4.39 Å². The third-order valence-corrected chi connectivity index (χ3v) is 11.6. The molecule has 0 bridgehead atoms. The van der Waals surface area contributed by atoms with E-state index in [4.69, 9.17) is 23.2 Å². The van der Waals surface area contributed by atoms with Gasteiger partial charge in [0.15, 0.2) is 0 Å². The molecule has 0 aliphatic carbocycles. The zero-order valence-electron chi connectivity index (χ0n) is 26.7. The first-order valence-corrected chi connectivity index (χ1v) is 17.9. The predicted molar refractivity (Wildman–Crippen MR) is 180 cm³/mol. The summed E-state index contributed by atoms with van der Waals surface area (Å²) in [6, 6.07) is 9.11. The molecule has 1 fully saturated rings. The summed E-state index contributed by atoms with van der Waals surface area (Å²) in [5.74, 6) is -2.27. The van der Waals surface area contributed by atoms with Crippen LogP contribution in [0.1, 0.15) is 61.3 Å². The molecule has 1 saturated heterocycles.